The van der Waals surface area contributed by atoms with Gasteiger partial charge in [-0.1, -0.05) is 30.3 Å². The lowest BCUT2D eigenvalue weighted by molar-refractivity contribution is -0.0819. The molecule has 1 aromatic carbocycles. The van der Waals surface area contributed by atoms with Crippen molar-refractivity contribution in [1.29, 1.82) is 0 Å². The molecular formula is C13H5F5I2. The van der Waals surface area contributed by atoms with Crippen molar-refractivity contribution in [1.82, 2.24) is 0 Å². The molecule has 0 heterocycles. The fraction of sp³-hybridized carbons (Fsp3) is 0.0769. The van der Waals surface area contributed by atoms with Crippen molar-refractivity contribution in [2.75, 3.05) is 0 Å². The maximum Gasteiger partial charge on any atom is 0.422 e. The van der Waals surface area contributed by atoms with Crippen molar-refractivity contribution >= 4 is 51.0 Å². The quantitative estimate of drug-likeness (QED) is 0.310. The molecule has 2 rings (SSSR count). The summed E-state index contributed by atoms with van der Waals surface area (Å²) in [6.07, 6.45) is -4.62. The average Bonchev–Trinajstić information content (AvgIpc) is 3.12. The number of hydrogen-bond donors (Lipinski definition) is 0. The van der Waals surface area contributed by atoms with E-state index in [1.807, 2.05) is 0 Å². The Kier molecular flexibility index (Phi) is 4.57. The van der Waals surface area contributed by atoms with Crippen LogP contribution in [0.2, 0.25) is 0 Å². The van der Waals surface area contributed by atoms with Crippen LogP contribution < -0.4 is 0 Å². The molecule has 0 N–H and O–H groups in total. The van der Waals surface area contributed by atoms with Crippen molar-refractivity contribution in [2.24, 2.45) is 0 Å². The highest BCUT2D eigenvalue weighted by Crippen LogP contribution is 2.57. The molecule has 106 valence electrons. The smallest absolute Gasteiger partial charge is 0.206 e. The van der Waals surface area contributed by atoms with Crippen LogP contribution in [0, 0.1) is 0 Å². The lowest BCUT2D eigenvalue weighted by Crippen LogP contribution is -2.06. The van der Waals surface area contributed by atoms with Crippen molar-refractivity contribution in [3.05, 3.63) is 60.0 Å². The molecule has 1 saturated carbocycles. The highest BCUT2D eigenvalue weighted by atomic mass is 127. The maximum absolute atomic E-state index is 14.2. The number of allylic oxidation sites excluding steroid dienone is 4. The van der Waals surface area contributed by atoms with Gasteiger partial charge in [0, 0.05) is 22.3 Å². The Balaban J connectivity index is 2.62. The van der Waals surface area contributed by atoms with Gasteiger partial charge >= 0.3 is 6.18 Å². The lowest BCUT2D eigenvalue weighted by atomic mass is 10.2. The Bertz CT molecular complexity index is 634. The zero-order valence-electron chi connectivity index (χ0n) is 9.53. The second-order valence-electron chi connectivity index (χ2n) is 3.88. The Labute approximate surface area is 138 Å². The van der Waals surface area contributed by atoms with E-state index >= 15 is 0 Å². The summed E-state index contributed by atoms with van der Waals surface area (Å²) in [6.45, 7) is 0. The largest absolute Gasteiger partial charge is 0.422 e. The normalized spacial score (nSPS) is 22.6. The Morgan fingerprint density at radius 2 is 1.40 bits per heavy atom. The molecule has 0 unspecified atom stereocenters. The topological polar surface area (TPSA) is 0 Å². The second-order valence-corrected chi connectivity index (χ2v) is 5.90. The second kappa shape index (κ2) is 5.74. The fourth-order valence-electron chi connectivity index (χ4n) is 1.69. The summed E-state index contributed by atoms with van der Waals surface area (Å²) in [4.78, 5) is 0. The number of halogens is 7. The average molecular weight is 510 g/mol. The van der Waals surface area contributed by atoms with Gasteiger partial charge in [0.25, 0.3) is 0 Å². The molecule has 0 aromatic heterocycles. The molecular weight excluding hydrogens is 505 g/mol. The standard InChI is InChI=1S/C13H5F5I2/c14-10(6-4-2-1-3-5-6)7-8(9(7)12(15)20)11(19)13(16,17)18/h1-5H/b10-7?,11-8+,12-9+. The van der Waals surface area contributed by atoms with Gasteiger partial charge < -0.3 is 0 Å². The van der Waals surface area contributed by atoms with E-state index in [2.05, 4.69) is 0 Å². The first-order valence-corrected chi connectivity index (χ1v) is 7.39. The van der Waals surface area contributed by atoms with Gasteiger partial charge in [-0.3, -0.25) is 0 Å². The summed E-state index contributed by atoms with van der Waals surface area (Å²) in [5, 5.41) is 0. The number of rotatable bonds is 1. The highest BCUT2D eigenvalue weighted by molar-refractivity contribution is 14.1. The molecule has 1 fully saturated rings. The predicted molar refractivity (Wildman–Crippen MR) is 83.7 cm³/mol. The molecule has 20 heavy (non-hydrogen) atoms. The van der Waals surface area contributed by atoms with Crippen LogP contribution in [0.15, 0.2) is 54.5 Å². The van der Waals surface area contributed by atoms with E-state index in [-0.39, 0.29) is 16.7 Å². The summed E-state index contributed by atoms with van der Waals surface area (Å²) < 4.78 is 63.6. The van der Waals surface area contributed by atoms with E-state index in [4.69, 9.17) is 0 Å². The van der Waals surface area contributed by atoms with Gasteiger partial charge in [0.05, 0.1) is 0 Å². The molecule has 1 aromatic rings. The third-order valence-electron chi connectivity index (χ3n) is 2.59. The molecule has 0 saturated heterocycles. The summed E-state index contributed by atoms with van der Waals surface area (Å²) >= 11 is 2.31. The zero-order chi connectivity index (χ0) is 15.1. The van der Waals surface area contributed by atoms with E-state index in [0.29, 0.717) is 0 Å². The van der Waals surface area contributed by atoms with Gasteiger partial charge in [0.15, 0.2) is 3.83 Å². The first kappa shape index (κ1) is 15.9. The summed E-state index contributed by atoms with van der Waals surface area (Å²) in [7, 11) is 0. The van der Waals surface area contributed by atoms with Crippen LogP contribution in [0.3, 0.4) is 0 Å². The van der Waals surface area contributed by atoms with E-state index in [9.17, 15) is 22.0 Å². The molecule has 1 aliphatic rings. The molecule has 0 radical (unpaired) electrons. The van der Waals surface area contributed by atoms with Crippen molar-refractivity contribution in [2.45, 2.75) is 6.18 Å². The number of hydrogen-bond acceptors (Lipinski definition) is 0. The number of benzene rings is 1. The first-order valence-electron chi connectivity index (χ1n) is 5.23. The molecule has 7 heteroatoms. The van der Waals surface area contributed by atoms with Gasteiger partial charge in [0.2, 0.25) is 0 Å². The maximum atomic E-state index is 14.2. The number of alkyl halides is 3. The molecule has 0 aliphatic heterocycles. The minimum atomic E-state index is -4.62. The van der Waals surface area contributed by atoms with Crippen molar-refractivity contribution < 1.29 is 22.0 Å². The predicted octanol–water partition coefficient (Wildman–Crippen LogP) is 6.25. The monoisotopic (exact) mass is 510 g/mol. The summed E-state index contributed by atoms with van der Waals surface area (Å²) in [5.74, 6) is -0.846. The Morgan fingerprint density at radius 3 is 1.85 bits per heavy atom. The van der Waals surface area contributed by atoms with E-state index in [0.717, 1.165) is 22.6 Å². The molecule has 0 spiro atoms. The van der Waals surface area contributed by atoms with Crippen LogP contribution in [0.1, 0.15) is 5.56 Å². The van der Waals surface area contributed by atoms with Crippen LogP contribution in [-0.4, -0.2) is 6.18 Å². The Morgan fingerprint density at radius 1 is 0.850 bits per heavy atom. The zero-order valence-corrected chi connectivity index (χ0v) is 13.8. The van der Waals surface area contributed by atoms with Crippen LogP contribution in [0.25, 0.3) is 5.83 Å². The van der Waals surface area contributed by atoms with E-state index in [1.54, 1.807) is 18.2 Å². The molecule has 0 bridgehead atoms. The van der Waals surface area contributed by atoms with Crippen LogP contribution in [0.5, 0.6) is 0 Å². The SMILES string of the molecule is FC(=C1C(=C(/F)I)/C1=C(/I)C(F)(F)F)c1ccccc1. The summed E-state index contributed by atoms with van der Waals surface area (Å²) in [6, 6.07) is 7.60. The van der Waals surface area contributed by atoms with Crippen molar-refractivity contribution in [3.63, 3.8) is 0 Å². The van der Waals surface area contributed by atoms with Crippen LogP contribution >= 0.6 is 45.2 Å². The van der Waals surface area contributed by atoms with Gasteiger partial charge in [0.1, 0.15) is 9.41 Å². The third-order valence-corrected chi connectivity index (χ3v) is 4.28. The highest BCUT2D eigenvalue weighted by Gasteiger charge is 2.47. The van der Waals surface area contributed by atoms with Gasteiger partial charge in [-0.05, 0) is 45.2 Å². The minimum absolute atomic E-state index is 0.124. The minimum Gasteiger partial charge on any atom is -0.206 e. The lowest BCUT2D eigenvalue weighted by Gasteiger charge is -2.02. The fourth-order valence-corrected chi connectivity index (χ4v) is 2.76. The Hall–Kier alpha value is -0.450. The van der Waals surface area contributed by atoms with Gasteiger partial charge in [-0.25, -0.2) is 4.39 Å². The van der Waals surface area contributed by atoms with E-state index < -0.39 is 25.0 Å². The van der Waals surface area contributed by atoms with Crippen LogP contribution in [0.4, 0.5) is 22.0 Å². The molecule has 1 aliphatic carbocycles. The third kappa shape index (κ3) is 3.07. The molecule has 0 atom stereocenters. The van der Waals surface area contributed by atoms with E-state index in [1.165, 1.54) is 34.7 Å². The van der Waals surface area contributed by atoms with Crippen molar-refractivity contribution in [3.8, 4) is 0 Å². The molecule has 0 nitrogen and oxygen atoms in total. The molecule has 0 amide bonds. The first-order chi connectivity index (χ1) is 9.25. The summed E-state index contributed by atoms with van der Waals surface area (Å²) in [5.41, 5.74) is -0.871. The van der Waals surface area contributed by atoms with Crippen LogP contribution in [-0.2, 0) is 0 Å². The van der Waals surface area contributed by atoms with Gasteiger partial charge in [-0.2, -0.15) is 17.6 Å². The van der Waals surface area contributed by atoms with Gasteiger partial charge in [-0.15, -0.1) is 0 Å².